The molecule has 5 rings (SSSR count). The number of hydrogen-bond acceptors (Lipinski definition) is 4. The summed E-state index contributed by atoms with van der Waals surface area (Å²) in [5.41, 5.74) is 0.696. The molecule has 0 aliphatic carbocycles. The van der Waals surface area contributed by atoms with Gasteiger partial charge in [0.2, 0.25) is 0 Å². The molecule has 0 atom stereocenters. The average Bonchev–Trinajstić information content (AvgIpc) is 2.88. The molecule has 1 aliphatic heterocycles. The summed E-state index contributed by atoms with van der Waals surface area (Å²) in [4.78, 5) is 4.49. The Balaban J connectivity index is 1.78. The molecule has 1 N–H and O–H groups in total. The summed E-state index contributed by atoms with van der Waals surface area (Å²) in [5, 5.41) is 2.94. The smallest absolute Gasteiger partial charge is 0.317 e. The number of rotatable bonds is 4. The molecule has 1 fully saturated rings. The van der Waals surface area contributed by atoms with Crippen LogP contribution in [0, 0.1) is 0 Å². The van der Waals surface area contributed by atoms with Crippen LogP contribution in [-0.2, 0) is 16.0 Å². The molecular weight excluding hydrogens is 473 g/mol. The maximum atomic E-state index is 14.0. The minimum Gasteiger partial charge on any atom is -0.317 e. The molecule has 3 aromatic carbocycles. The van der Waals surface area contributed by atoms with Gasteiger partial charge in [-0.1, -0.05) is 66.7 Å². The van der Waals surface area contributed by atoms with E-state index in [9.17, 15) is 21.6 Å². The Morgan fingerprint density at radius 3 is 2.20 bits per heavy atom. The summed E-state index contributed by atoms with van der Waals surface area (Å²) in [6, 6.07) is 21.3. The van der Waals surface area contributed by atoms with Crippen molar-refractivity contribution in [3.8, 4) is 22.4 Å². The number of alkyl halides is 3. The molecule has 0 radical (unpaired) electrons. The molecule has 2 heterocycles. The molecule has 8 heteroatoms. The molecule has 0 spiro atoms. The Hall–Kier alpha value is -3.23. The fourth-order valence-electron chi connectivity index (χ4n) is 4.69. The molecule has 0 bridgehead atoms. The molecule has 35 heavy (non-hydrogen) atoms. The van der Waals surface area contributed by atoms with E-state index >= 15 is 0 Å². The van der Waals surface area contributed by atoms with Crippen LogP contribution in [0.2, 0.25) is 0 Å². The van der Waals surface area contributed by atoms with Crippen LogP contribution in [0.1, 0.15) is 18.4 Å². The zero-order chi connectivity index (χ0) is 24.6. The quantitative estimate of drug-likeness (QED) is 0.370. The number of fused-ring (bicyclic) bond motifs is 1. The minimum absolute atomic E-state index is 0.120. The summed E-state index contributed by atoms with van der Waals surface area (Å²) in [5.74, 6) is 0. The fourth-order valence-corrected chi connectivity index (χ4v) is 6.85. The first-order valence-corrected chi connectivity index (χ1v) is 12.9. The second-order valence-electron chi connectivity index (χ2n) is 8.61. The number of aromatic nitrogens is 1. The van der Waals surface area contributed by atoms with Crippen molar-refractivity contribution in [2.45, 2.75) is 29.2 Å². The summed E-state index contributed by atoms with van der Waals surface area (Å²) < 4.78 is 69.2. The van der Waals surface area contributed by atoms with Gasteiger partial charge >= 0.3 is 6.18 Å². The number of sulfone groups is 1. The Morgan fingerprint density at radius 2 is 1.49 bits per heavy atom. The van der Waals surface area contributed by atoms with Gasteiger partial charge in [0.1, 0.15) is 0 Å². The highest BCUT2D eigenvalue weighted by Gasteiger charge is 2.35. The van der Waals surface area contributed by atoms with Crippen molar-refractivity contribution in [3.63, 3.8) is 0 Å². The number of pyridine rings is 1. The fraction of sp³-hybridized carbons (Fsp3) is 0.222. The monoisotopic (exact) mass is 496 g/mol. The van der Waals surface area contributed by atoms with E-state index in [2.05, 4.69) is 10.3 Å². The van der Waals surface area contributed by atoms with Gasteiger partial charge in [0, 0.05) is 16.5 Å². The topological polar surface area (TPSA) is 59.1 Å². The van der Waals surface area contributed by atoms with Gasteiger partial charge < -0.3 is 5.32 Å². The molecular formula is C27H23F3N2O2S. The van der Waals surface area contributed by atoms with E-state index in [4.69, 9.17) is 0 Å². The Bertz CT molecular complexity index is 1480. The van der Waals surface area contributed by atoms with Crippen molar-refractivity contribution in [1.82, 2.24) is 10.3 Å². The molecule has 180 valence electrons. The minimum atomic E-state index is -4.58. The molecule has 0 amide bonds. The van der Waals surface area contributed by atoms with E-state index in [0.717, 1.165) is 11.6 Å². The van der Waals surface area contributed by atoms with Crippen LogP contribution in [0.5, 0.6) is 0 Å². The lowest BCUT2D eigenvalue weighted by Gasteiger charge is -2.25. The van der Waals surface area contributed by atoms with Crippen molar-refractivity contribution >= 4 is 20.7 Å². The molecule has 0 saturated carbocycles. The summed E-state index contributed by atoms with van der Waals surface area (Å²) >= 11 is 0. The molecule has 1 aromatic heterocycles. The van der Waals surface area contributed by atoms with E-state index in [1.54, 1.807) is 36.4 Å². The number of para-hydroxylation sites is 1. The van der Waals surface area contributed by atoms with Crippen LogP contribution < -0.4 is 5.32 Å². The molecule has 0 unspecified atom stereocenters. The van der Waals surface area contributed by atoms with Gasteiger partial charge in [0.15, 0.2) is 9.84 Å². The Morgan fingerprint density at radius 1 is 0.800 bits per heavy atom. The van der Waals surface area contributed by atoms with E-state index in [0.29, 0.717) is 42.4 Å². The SMILES string of the molecule is O=S(=O)(c1c(-c2ccccc2)cccc1-c1ccc2cccc(C(F)(F)F)c2n1)C1CCNCC1. The van der Waals surface area contributed by atoms with Crippen LogP contribution in [-0.4, -0.2) is 31.7 Å². The Kier molecular flexibility index (Phi) is 6.11. The standard InChI is InChI=1S/C27H23F3N2O2S/c28-27(29,30)23-11-4-8-19-12-13-24(32-25(19)23)22-10-5-9-21(18-6-2-1-3-7-18)26(22)35(33,34)20-14-16-31-17-15-20/h1-13,20,31H,14-17H2. The molecule has 4 nitrogen and oxygen atoms in total. The van der Waals surface area contributed by atoms with Gasteiger partial charge in [-0.3, -0.25) is 0 Å². The van der Waals surface area contributed by atoms with Crippen molar-refractivity contribution in [3.05, 3.63) is 84.4 Å². The maximum Gasteiger partial charge on any atom is 0.418 e. The first kappa shape index (κ1) is 23.5. The van der Waals surface area contributed by atoms with Crippen LogP contribution in [0.3, 0.4) is 0 Å². The number of halogens is 3. The number of benzene rings is 3. The van der Waals surface area contributed by atoms with Crippen molar-refractivity contribution < 1.29 is 21.6 Å². The van der Waals surface area contributed by atoms with E-state index < -0.39 is 26.8 Å². The highest BCUT2D eigenvalue weighted by molar-refractivity contribution is 7.92. The van der Waals surface area contributed by atoms with Gasteiger partial charge in [-0.25, -0.2) is 13.4 Å². The van der Waals surface area contributed by atoms with E-state index in [1.807, 2.05) is 30.3 Å². The first-order valence-electron chi connectivity index (χ1n) is 11.4. The average molecular weight is 497 g/mol. The predicted octanol–water partition coefficient (Wildman–Crippen LogP) is 6.11. The third-order valence-electron chi connectivity index (χ3n) is 6.41. The number of hydrogen-bond donors (Lipinski definition) is 1. The summed E-state index contributed by atoms with van der Waals surface area (Å²) in [7, 11) is -3.81. The largest absolute Gasteiger partial charge is 0.418 e. The lowest BCUT2D eigenvalue weighted by molar-refractivity contribution is -0.136. The summed E-state index contributed by atoms with van der Waals surface area (Å²) in [6.45, 7) is 1.19. The first-order chi connectivity index (χ1) is 16.8. The van der Waals surface area contributed by atoms with Crippen molar-refractivity contribution in [1.29, 1.82) is 0 Å². The second-order valence-corrected chi connectivity index (χ2v) is 10.8. The highest BCUT2D eigenvalue weighted by atomic mass is 32.2. The predicted molar refractivity (Wildman–Crippen MR) is 131 cm³/mol. The lowest BCUT2D eigenvalue weighted by Crippen LogP contribution is -2.36. The number of piperidine rings is 1. The van der Waals surface area contributed by atoms with Crippen molar-refractivity contribution in [2.24, 2.45) is 0 Å². The lowest BCUT2D eigenvalue weighted by atomic mass is 10.0. The Labute approximate surface area is 201 Å². The summed E-state index contributed by atoms with van der Waals surface area (Å²) in [6.07, 6.45) is -3.65. The second kappa shape index (κ2) is 9.09. The van der Waals surface area contributed by atoms with Gasteiger partial charge in [-0.2, -0.15) is 13.2 Å². The van der Waals surface area contributed by atoms with Gasteiger partial charge in [0.05, 0.1) is 26.9 Å². The number of nitrogens with zero attached hydrogens (tertiary/aromatic N) is 1. The highest BCUT2D eigenvalue weighted by Crippen LogP contribution is 2.40. The van der Waals surface area contributed by atoms with E-state index in [-0.39, 0.29) is 16.1 Å². The van der Waals surface area contributed by atoms with Crippen LogP contribution in [0.4, 0.5) is 13.2 Å². The van der Waals surface area contributed by atoms with Crippen LogP contribution >= 0.6 is 0 Å². The zero-order valence-electron chi connectivity index (χ0n) is 18.7. The normalized spacial score (nSPS) is 15.4. The van der Waals surface area contributed by atoms with Crippen LogP contribution in [0.15, 0.2) is 83.8 Å². The van der Waals surface area contributed by atoms with Gasteiger partial charge in [-0.15, -0.1) is 0 Å². The molecule has 4 aromatic rings. The third-order valence-corrected chi connectivity index (χ3v) is 8.77. The molecule has 1 saturated heterocycles. The van der Waals surface area contributed by atoms with Crippen molar-refractivity contribution in [2.75, 3.05) is 13.1 Å². The third kappa shape index (κ3) is 4.44. The van der Waals surface area contributed by atoms with Crippen LogP contribution in [0.25, 0.3) is 33.3 Å². The van der Waals surface area contributed by atoms with E-state index in [1.165, 1.54) is 6.07 Å². The number of nitrogens with one attached hydrogen (secondary N) is 1. The molecule has 1 aliphatic rings. The van der Waals surface area contributed by atoms with Gasteiger partial charge in [-0.05, 0) is 43.6 Å². The van der Waals surface area contributed by atoms with Gasteiger partial charge in [0.25, 0.3) is 0 Å². The zero-order valence-corrected chi connectivity index (χ0v) is 19.5. The maximum absolute atomic E-state index is 14.0.